The topological polar surface area (TPSA) is 91.5 Å². The molecule has 2 heterocycles. The van der Waals surface area contributed by atoms with Crippen molar-refractivity contribution in [1.82, 2.24) is 0 Å². The highest BCUT2D eigenvalue weighted by molar-refractivity contribution is 5.79. The van der Waals surface area contributed by atoms with Gasteiger partial charge in [0.2, 0.25) is 0 Å². The first-order valence-corrected chi connectivity index (χ1v) is 4.90. The molecule has 1 fully saturated rings. The zero-order valence-electron chi connectivity index (χ0n) is 8.41. The molecule has 0 bridgehead atoms. The second kappa shape index (κ2) is 4.05. The molecule has 0 radical (unpaired) electrons. The van der Waals surface area contributed by atoms with Crippen LogP contribution in [0.1, 0.15) is 6.42 Å². The molecule has 0 aromatic heterocycles. The van der Waals surface area contributed by atoms with Crippen molar-refractivity contribution >= 4 is 5.90 Å². The largest absolute Gasteiger partial charge is 0.484 e. The van der Waals surface area contributed by atoms with Crippen LogP contribution in [0.25, 0.3) is 0 Å². The van der Waals surface area contributed by atoms with Gasteiger partial charge in [-0.1, -0.05) is 0 Å². The van der Waals surface area contributed by atoms with Crippen LogP contribution in [0.3, 0.4) is 0 Å². The van der Waals surface area contributed by atoms with E-state index in [0.717, 1.165) is 0 Å². The predicted molar refractivity (Wildman–Crippen MR) is 50.6 cm³/mol. The van der Waals surface area contributed by atoms with Crippen LogP contribution in [0, 0.1) is 0 Å². The Balaban J connectivity index is 2.12. The molecule has 2 aliphatic heterocycles. The quantitative estimate of drug-likeness (QED) is 0.486. The molecule has 86 valence electrons. The van der Waals surface area contributed by atoms with E-state index in [4.69, 9.17) is 14.6 Å². The maximum atomic E-state index is 9.76. The summed E-state index contributed by atoms with van der Waals surface area (Å²) in [6, 6.07) is -0.488. The third-order valence-corrected chi connectivity index (χ3v) is 2.90. The fraction of sp³-hybridized carbons (Fsp3) is 0.889. The van der Waals surface area contributed by atoms with Crippen LogP contribution in [0.2, 0.25) is 0 Å². The normalized spacial score (nSPS) is 44.8. The lowest BCUT2D eigenvalue weighted by Gasteiger charge is -2.37. The van der Waals surface area contributed by atoms with Crippen molar-refractivity contribution in [2.24, 2.45) is 4.99 Å². The Morgan fingerprint density at radius 3 is 2.80 bits per heavy atom. The van der Waals surface area contributed by atoms with E-state index in [1.54, 1.807) is 0 Å². The number of fused-ring (bicyclic) bond motifs is 1. The SMILES string of the molecule is COC1=N[C@@H]2[C@@H](O)[C@H](O)[C@@H](CO)O[C@@H]2C1. The highest BCUT2D eigenvalue weighted by atomic mass is 16.5. The molecule has 0 unspecified atom stereocenters. The summed E-state index contributed by atoms with van der Waals surface area (Å²) in [5.74, 6) is 0.509. The van der Waals surface area contributed by atoms with Gasteiger partial charge in [-0.15, -0.1) is 0 Å². The standard InChI is InChI=1S/C9H15NO5/c1-14-6-2-4-7(10-6)9(13)8(12)5(3-11)15-4/h4-5,7-9,11-13H,2-3H2,1H3/t4-,5-,7+,8-,9-/m1/s1. The molecule has 1 saturated heterocycles. The first-order valence-electron chi connectivity index (χ1n) is 4.90. The van der Waals surface area contributed by atoms with Crippen molar-refractivity contribution in [2.45, 2.75) is 36.9 Å². The van der Waals surface area contributed by atoms with Crippen LogP contribution in [0.15, 0.2) is 4.99 Å². The zero-order valence-corrected chi connectivity index (χ0v) is 8.41. The van der Waals surface area contributed by atoms with E-state index in [1.165, 1.54) is 7.11 Å². The summed E-state index contributed by atoms with van der Waals surface area (Å²) in [6.07, 6.45) is -2.69. The van der Waals surface area contributed by atoms with E-state index in [-0.39, 0.29) is 12.7 Å². The van der Waals surface area contributed by atoms with Crippen molar-refractivity contribution in [3.8, 4) is 0 Å². The van der Waals surface area contributed by atoms with Crippen molar-refractivity contribution in [1.29, 1.82) is 0 Å². The number of nitrogens with zero attached hydrogens (tertiary/aromatic N) is 1. The molecular formula is C9H15NO5. The predicted octanol–water partition coefficient (Wildman–Crippen LogP) is -1.71. The average molecular weight is 217 g/mol. The lowest BCUT2D eigenvalue weighted by Crippen LogP contribution is -2.56. The Morgan fingerprint density at radius 1 is 1.47 bits per heavy atom. The van der Waals surface area contributed by atoms with E-state index in [2.05, 4.69) is 4.99 Å². The van der Waals surface area contributed by atoms with Crippen LogP contribution in [0.5, 0.6) is 0 Å². The molecule has 2 aliphatic rings. The molecule has 2 rings (SSSR count). The van der Waals surface area contributed by atoms with Gasteiger partial charge in [-0.25, -0.2) is 4.99 Å². The summed E-state index contributed by atoms with van der Waals surface area (Å²) < 4.78 is 10.4. The molecule has 0 aromatic rings. The van der Waals surface area contributed by atoms with Gasteiger partial charge in [0.15, 0.2) is 5.90 Å². The van der Waals surface area contributed by atoms with E-state index in [9.17, 15) is 10.2 Å². The summed E-state index contributed by atoms with van der Waals surface area (Å²) in [5, 5.41) is 28.3. The molecule has 6 nitrogen and oxygen atoms in total. The first kappa shape index (κ1) is 10.8. The van der Waals surface area contributed by atoms with E-state index < -0.39 is 24.4 Å². The van der Waals surface area contributed by atoms with E-state index in [1.807, 2.05) is 0 Å². The second-order valence-corrected chi connectivity index (χ2v) is 3.80. The third kappa shape index (κ3) is 1.74. The van der Waals surface area contributed by atoms with Crippen LogP contribution in [-0.2, 0) is 9.47 Å². The Morgan fingerprint density at radius 2 is 2.20 bits per heavy atom. The third-order valence-electron chi connectivity index (χ3n) is 2.90. The molecule has 5 atom stereocenters. The minimum Gasteiger partial charge on any atom is -0.484 e. The van der Waals surface area contributed by atoms with Crippen LogP contribution in [0.4, 0.5) is 0 Å². The van der Waals surface area contributed by atoms with Gasteiger partial charge >= 0.3 is 0 Å². The van der Waals surface area contributed by atoms with Gasteiger partial charge in [0.25, 0.3) is 0 Å². The molecule has 0 spiro atoms. The number of aliphatic imine (C=N–C) groups is 1. The van der Waals surface area contributed by atoms with Crippen molar-refractivity contribution in [3.05, 3.63) is 0 Å². The minimum atomic E-state index is -1.10. The zero-order chi connectivity index (χ0) is 11.0. The maximum Gasteiger partial charge on any atom is 0.186 e. The highest BCUT2D eigenvalue weighted by Crippen LogP contribution is 2.30. The Kier molecular flexibility index (Phi) is 2.92. The molecule has 0 saturated carbocycles. The van der Waals surface area contributed by atoms with E-state index in [0.29, 0.717) is 12.3 Å². The summed E-state index contributed by atoms with van der Waals surface area (Å²) in [6.45, 7) is -0.316. The fourth-order valence-electron chi connectivity index (χ4n) is 2.03. The Hall–Kier alpha value is -0.690. The van der Waals surface area contributed by atoms with Crippen molar-refractivity contribution < 1.29 is 24.8 Å². The number of aliphatic hydroxyl groups is 3. The number of ether oxygens (including phenoxy) is 2. The van der Waals surface area contributed by atoms with Gasteiger partial charge < -0.3 is 24.8 Å². The highest BCUT2D eigenvalue weighted by Gasteiger charge is 2.47. The smallest absolute Gasteiger partial charge is 0.186 e. The summed E-state index contributed by atoms with van der Waals surface area (Å²) in [7, 11) is 1.50. The van der Waals surface area contributed by atoms with Crippen LogP contribution in [-0.4, -0.2) is 65.4 Å². The number of methoxy groups -OCH3 is 1. The molecule has 0 aliphatic carbocycles. The monoisotopic (exact) mass is 217 g/mol. The van der Waals surface area contributed by atoms with Gasteiger partial charge in [-0.3, -0.25) is 0 Å². The Bertz CT molecular complexity index is 269. The van der Waals surface area contributed by atoms with Gasteiger partial charge in [0, 0.05) is 0 Å². The summed E-state index contributed by atoms with van der Waals surface area (Å²) >= 11 is 0. The van der Waals surface area contributed by atoms with Crippen LogP contribution < -0.4 is 0 Å². The van der Waals surface area contributed by atoms with Gasteiger partial charge in [-0.05, 0) is 0 Å². The lowest BCUT2D eigenvalue weighted by molar-refractivity contribution is -0.183. The lowest BCUT2D eigenvalue weighted by atomic mass is 9.94. The molecule has 6 heteroatoms. The summed E-state index contributed by atoms with van der Waals surface area (Å²) in [4.78, 5) is 4.11. The number of rotatable bonds is 1. The van der Waals surface area contributed by atoms with Crippen LogP contribution >= 0.6 is 0 Å². The minimum absolute atomic E-state index is 0.310. The number of hydrogen-bond acceptors (Lipinski definition) is 6. The molecule has 15 heavy (non-hydrogen) atoms. The number of hydrogen-bond donors (Lipinski definition) is 3. The molecule has 0 amide bonds. The van der Waals surface area contributed by atoms with Gasteiger partial charge in [-0.2, -0.15) is 0 Å². The van der Waals surface area contributed by atoms with Crippen molar-refractivity contribution in [2.75, 3.05) is 13.7 Å². The molecule has 3 N–H and O–H groups in total. The molecular weight excluding hydrogens is 202 g/mol. The van der Waals surface area contributed by atoms with Crippen molar-refractivity contribution in [3.63, 3.8) is 0 Å². The molecule has 0 aromatic carbocycles. The van der Waals surface area contributed by atoms with Gasteiger partial charge in [0.05, 0.1) is 26.2 Å². The number of aliphatic hydroxyl groups excluding tert-OH is 3. The maximum absolute atomic E-state index is 9.76. The fourth-order valence-corrected chi connectivity index (χ4v) is 2.03. The summed E-state index contributed by atoms with van der Waals surface area (Å²) in [5.41, 5.74) is 0. The Labute approximate surface area is 87.2 Å². The average Bonchev–Trinajstić information content (AvgIpc) is 2.66. The second-order valence-electron chi connectivity index (χ2n) is 3.80. The van der Waals surface area contributed by atoms with E-state index >= 15 is 0 Å². The van der Waals surface area contributed by atoms with Gasteiger partial charge in [0.1, 0.15) is 24.4 Å². The first-order chi connectivity index (χ1) is 7.17.